The minimum atomic E-state index is -3.76. The Labute approximate surface area is 153 Å². The number of aromatic nitrogens is 2. The zero-order chi connectivity index (χ0) is 19.2. The van der Waals surface area contributed by atoms with E-state index in [0.717, 1.165) is 22.6 Å². The molecule has 0 radical (unpaired) electrons. The molecule has 0 spiro atoms. The fraction of sp³-hybridized carbons (Fsp3) is 0.105. The Morgan fingerprint density at radius 2 is 1.78 bits per heavy atom. The van der Waals surface area contributed by atoms with Crippen LogP contribution in [0.5, 0.6) is 0 Å². The molecule has 0 unspecified atom stereocenters. The molecule has 1 N–H and O–H groups in total. The third-order valence-electron chi connectivity index (χ3n) is 4.29. The van der Waals surface area contributed by atoms with E-state index in [9.17, 15) is 18.0 Å². The van der Waals surface area contributed by atoms with Crippen LogP contribution in [0.15, 0.2) is 67.7 Å². The maximum Gasteiger partial charge on any atom is 0.337 e. The van der Waals surface area contributed by atoms with Crippen molar-refractivity contribution in [3.8, 4) is 0 Å². The summed E-state index contributed by atoms with van der Waals surface area (Å²) < 4.78 is 28.4. The quantitative estimate of drug-likeness (QED) is 0.543. The third-order valence-corrected chi connectivity index (χ3v) is 5.18. The number of fused-ring (bicyclic) bond motifs is 2. The van der Waals surface area contributed by atoms with Gasteiger partial charge in [-0.05, 0) is 28.3 Å². The van der Waals surface area contributed by atoms with Gasteiger partial charge in [-0.15, -0.1) is 0 Å². The first-order chi connectivity index (χ1) is 12.8. The van der Waals surface area contributed by atoms with Crippen LogP contribution in [0.25, 0.3) is 21.9 Å². The summed E-state index contributed by atoms with van der Waals surface area (Å²) in [4.78, 5) is 30.6. The van der Waals surface area contributed by atoms with Gasteiger partial charge in [0.15, 0.2) is 0 Å². The van der Waals surface area contributed by atoms with Crippen LogP contribution in [0.3, 0.4) is 0 Å². The van der Waals surface area contributed by atoms with E-state index in [1.807, 2.05) is 42.5 Å². The monoisotopic (exact) mass is 382 g/mol. The molecule has 0 amide bonds. The summed E-state index contributed by atoms with van der Waals surface area (Å²) in [5, 5.41) is 1.56. The summed E-state index contributed by atoms with van der Waals surface area (Å²) in [5.74, 6) is 0. The van der Waals surface area contributed by atoms with Gasteiger partial charge < -0.3 is 4.42 Å². The molecule has 2 aromatic carbocycles. The van der Waals surface area contributed by atoms with E-state index >= 15 is 0 Å². The number of sulfone groups is 1. The maximum absolute atomic E-state index is 12.5. The highest BCUT2D eigenvalue weighted by atomic mass is 32.2. The summed E-state index contributed by atoms with van der Waals surface area (Å²) in [7, 11) is -3.76. The molecule has 0 aliphatic carbocycles. The van der Waals surface area contributed by atoms with Crippen LogP contribution in [-0.4, -0.2) is 24.6 Å². The highest BCUT2D eigenvalue weighted by molar-refractivity contribution is 7.90. The first-order valence-corrected chi connectivity index (χ1v) is 9.96. The zero-order valence-corrected chi connectivity index (χ0v) is 15.0. The van der Waals surface area contributed by atoms with Gasteiger partial charge in [-0.3, -0.25) is 9.78 Å². The van der Waals surface area contributed by atoms with Gasteiger partial charge >= 0.3 is 5.63 Å². The van der Waals surface area contributed by atoms with Gasteiger partial charge in [-0.25, -0.2) is 13.2 Å². The minimum absolute atomic E-state index is 0.0648. The summed E-state index contributed by atoms with van der Waals surface area (Å²) in [6.45, 7) is 0. The van der Waals surface area contributed by atoms with Crippen molar-refractivity contribution in [2.45, 2.75) is 11.6 Å². The second kappa shape index (κ2) is 6.17. The standard InChI is InChI=1S/C19H14N2O5S/c1-27(24,25)19-20-17(23)16-13(10-15(22)26-18(16)21-19)9-12-7-4-6-11-5-2-3-8-14(11)12/h2-8,10H,9H2,1H3,(H,20,21,23). The highest BCUT2D eigenvalue weighted by Gasteiger charge is 2.18. The Hall–Kier alpha value is -3.26. The van der Waals surface area contributed by atoms with Crippen LogP contribution in [-0.2, 0) is 16.3 Å². The maximum atomic E-state index is 12.5. The molecule has 2 heterocycles. The predicted molar refractivity (Wildman–Crippen MR) is 101 cm³/mol. The Balaban J connectivity index is 1.97. The van der Waals surface area contributed by atoms with E-state index in [2.05, 4.69) is 9.97 Å². The molecular weight excluding hydrogens is 368 g/mol. The smallest absolute Gasteiger partial charge is 0.337 e. The van der Waals surface area contributed by atoms with Crippen LogP contribution in [0.2, 0.25) is 0 Å². The van der Waals surface area contributed by atoms with E-state index in [0.29, 0.717) is 12.0 Å². The zero-order valence-electron chi connectivity index (χ0n) is 14.2. The van der Waals surface area contributed by atoms with E-state index in [1.165, 1.54) is 6.07 Å². The third kappa shape index (κ3) is 3.15. The van der Waals surface area contributed by atoms with E-state index < -0.39 is 26.2 Å². The molecule has 0 saturated heterocycles. The van der Waals surface area contributed by atoms with Gasteiger partial charge in [-0.2, -0.15) is 4.98 Å². The van der Waals surface area contributed by atoms with E-state index in [4.69, 9.17) is 4.42 Å². The molecule has 27 heavy (non-hydrogen) atoms. The number of H-pyrrole nitrogens is 1. The van der Waals surface area contributed by atoms with Crippen molar-refractivity contribution in [2.75, 3.05) is 6.26 Å². The topological polar surface area (TPSA) is 110 Å². The van der Waals surface area contributed by atoms with Crippen LogP contribution >= 0.6 is 0 Å². The van der Waals surface area contributed by atoms with Gasteiger partial charge in [0.25, 0.3) is 5.56 Å². The molecule has 2 aromatic heterocycles. The largest absolute Gasteiger partial charge is 0.403 e. The number of nitrogens with one attached hydrogen (secondary N) is 1. The second-order valence-corrected chi connectivity index (χ2v) is 8.16. The van der Waals surface area contributed by atoms with Gasteiger partial charge in [0.1, 0.15) is 5.39 Å². The lowest BCUT2D eigenvalue weighted by molar-refractivity contribution is 0.537. The van der Waals surface area contributed by atoms with Crippen LogP contribution in [0, 0.1) is 0 Å². The van der Waals surface area contributed by atoms with Crippen molar-refractivity contribution in [3.05, 3.63) is 80.4 Å². The summed E-state index contributed by atoms with van der Waals surface area (Å²) in [6, 6.07) is 14.8. The SMILES string of the molecule is CS(=O)(=O)c1nc2oc(=O)cc(Cc3cccc4ccccc34)c2c(=O)[nH]1. The number of nitrogens with zero attached hydrogens (tertiary/aromatic N) is 1. The van der Waals surface area contributed by atoms with Gasteiger partial charge in [0.05, 0.1) is 0 Å². The Morgan fingerprint density at radius 3 is 2.56 bits per heavy atom. The van der Waals surface area contributed by atoms with Crippen molar-refractivity contribution in [2.24, 2.45) is 0 Å². The second-order valence-electron chi connectivity index (χ2n) is 6.23. The van der Waals surface area contributed by atoms with Gasteiger partial charge in [-0.1, -0.05) is 42.5 Å². The average Bonchev–Trinajstić information content (AvgIpc) is 2.60. The molecule has 8 heteroatoms. The summed E-state index contributed by atoms with van der Waals surface area (Å²) >= 11 is 0. The van der Waals surface area contributed by atoms with Crippen molar-refractivity contribution in [3.63, 3.8) is 0 Å². The van der Waals surface area contributed by atoms with Gasteiger partial charge in [0, 0.05) is 12.3 Å². The molecular formula is C19H14N2O5S. The predicted octanol–water partition coefficient (Wildman–Crippen LogP) is 2.02. The molecule has 0 aliphatic rings. The molecule has 0 atom stereocenters. The van der Waals surface area contributed by atoms with E-state index in [1.54, 1.807) is 0 Å². The fourth-order valence-electron chi connectivity index (χ4n) is 3.10. The molecule has 136 valence electrons. The molecule has 4 rings (SSSR count). The molecule has 4 aromatic rings. The van der Waals surface area contributed by atoms with Crippen molar-refractivity contribution >= 4 is 31.7 Å². The Bertz CT molecular complexity index is 1410. The molecule has 0 fully saturated rings. The summed E-state index contributed by atoms with van der Waals surface area (Å²) in [6.07, 6.45) is 1.21. The molecule has 0 saturated carbocycles. The normalized spacial score (nSPS) is 11.9. The number of aromatic amines is 1. The molecule has 0 bridgehead atoms. The highest BCUT2D eigenvalue weighted by Crippen LogP contribution is 2.23. The van der Waals surface area contributed by atoms with Crippen LogP contribution in [0.1, 0.15) is 11.1 Å². The number of hydrogen-bond donors (Lipinski definition) is 1. The minimum Gasteiger partial charge on any atom is -0.403 e. The Kier molecular flexibility index (Phi) is 3.92. The lowest BCUT2D eigenvalue weighted by Gasteiger charge is -2.08. The first-order valence-electron chi connectivity index (χ1n) is 8.07. The van der Waals surface area contributed by atoms with Crippen LogP contribution in [0.4, 0.5) is 0 Å². The molecule has 0 aliphatic heterocycles. The first kappa shape index (κ1) is 17.2. The number of benzene rings is 2. The van der Waals surface area contributed by atoms with E-state index in [-0.39, 0.29) is 11.1 Å². The van der Waals surface area contributed by atoms with Crippen molar-refractivity contribution in [1.82, 2.24) is 9.97 Å². The molecule has 7 nitrogen and oxygen atoms in total. The van der Waals surface area contributed by atoms with Crippen molar-refractivity contribution < 1.29 is 12.8 Å². The lowest BCUT2D eigenvalue weighted by atomic mass is 9.98. The van der Waals surface area contributed by atoms with Gasteiger partial charge in [0.2, 0.25) is 20.7 Å². The summed E-state index contributed by atoms with van der Waals surface area (Å²) in [5.41, 5.74) is -0.311. The number of hydrogen-bond acceptors (Lipinski definition) is 6. The fourth-order valence-corrected chi connectivity index (χ4v) is 3.62. The lowest BCUT2D eigenvalue weighted by Crippen LogP contribution is -2.18. The average molecular weight is 382 g/mol. The van der Waals surface area contributed by atoms with Crippen molar-refractivity contribution in [1.29, 1.82) is 0 Å². The Morgan fingerprint density at radius 1 is 1.04 bits per heavy atom. The number of rotatable bonds is 3. The van der Waals surface area contributed by atoms with Crippen LogP contribution < -0.4 is 11.2 Å².